The SMILES string of the molecule is C=C(C)CC(C)C(=O)N1C(=O)OC[C@H]1C(c1ccccc1)c1ccccc1. The predicted molar refractivity (Wildman–Crippen MR) is 105 cm³/mol. The predicted octanol–water partition coefficient (Wildman–Crippen LogP) is 4.77. The van der Waals surface area contributed by atoms with Gasteiger partial charge in [-0.25, -0.2) is 9.69 Å². The van der Waals surface area contributed by atoms with Crippen LogP contribution in [0.15, 0.2) is 72.8 Å². The van der Waals surface area contributed by atoms with Crippen LogP contribution in [0.1, 0.15) is 37.3 Å². The summed E-state index contributed by atoms with van der Waals surface area (Å²) in [6, 6.07) is 19.5. The molecule has 2 atom stereocenters. The Kier molecular flexibility index (Phi) is 5.75. The van der Waals surface area contributed by atoms with Gasteiger partial charge in [-0.2, -0.15) is 0 Å². The van der Waals surface area contributed by atoms with Gasteiger partial charge in [0.05, 0.1) is 6.04 Å². The maximum Gasteiger partial charge on any atom is 0.417 e. The molecule has 4 nitrogen and oxygen atoms in total. The van der Waals surface area contributed by atoms with E-state index in [1.807, 2.05) is 74.5 Å². The fourth-order valence-corrected chi connectivity index (χ4v) is 3.74. The number of ether oxygens (including phenoxy) is 1. The molecule has 1 aliphatic rings. The molecule has 1 heterocycles. The third-order valence-corrected chi connectivity index (χ3v) is 4.92. The molecule has 1 fully saturated rings. The minimum Gasteiger partial charge on any atom is -0.447 e. The minimum absolute atomic E-state index is 0.139. The second-order valence-electron chi connectivity index (χ2n) is 7.21. The lowest BCUT2D eigenvalue weighted by Gasteiger charge is -2.30. The molecule has 2 aromatic carbocycles. The number of carbonyl (C=O) groups is 2. The van der Waals surface area contributed by atoms with Gasteiger partial charge in [-0.15, -0.1) is 6.58 Å². The van der Waals surface area contributed by atoms with Crippen molar-refractivity contribution in [3.05, 3.63) is 83.9 Å². The standard InChI is InChI=1S/C23H25NO3/c1-16(2)14-17(3)22(25)24-20(15-27-23(24)26)21(18-10-6-4-7-11-18)19-12-8-5-9-13-19/h4-13,17,20-21H,1,14-15H2,2-3H3/t17?,20-/m0/s1. The molecule has 3 rings (SSSR count). The van der Waals surface area contributed by atoms with Gasteiger partial charge in [0, 0.05) is 11.8 Å². The first-order valence-electron chi connectivity index (χ1n) is 9.23. The molecule has 2 amide bonds. The number of nitrogens with zero attached hydrogens (tertiary/aromatic N) is 1. The summed E-state index contributed by atoms with van der Waals surface area (Å²) in [5, 5.41) is 0. The van der Waals surface area contributed by atoms with E-state index in [9.17, 15) is 9.59 Å². The summed E-state index contributed by atoms with van der Waals surface area (Å²) in [5.74, 6) is -0.662. The van der Waals surface area contributed by atoms with Crippen molar-refractivity contribution in [3.63, 3.8) is 0 Å². The molecule has 0 saturated carbocycles. The van der Waals surface area contributed by atoms with Crippen LogP contribution < -0.4 is 0 Å². The van der Waals surface area contributed by atoms with Gasteiger partial charge in [-0.3, -0.25) is 4.79 Å². The molecule has 1 aliphatic heterocycles. The van der Waals surface area contributed by atoms with Crippen LogP contribution in [0.2, 0.25) is 0 Å². The van der Waals surface area contributed by atoms with E-state index in [-0.39, 0.29) is 30.4 Å². The molecule has 0 N–H and O–H groups in total. The van der Waals surface area contributed by atoms with Crippen LogP contribution in [0.5, 0.6) is 0 Å². The van der Waals surface area contributed by atoms with Crippen LogP contribution in [0.3, 0.4) is 0 Å². The van der Waals surface area contributed by atoms with Gasteiger partial charge in [-0.05, 0) is 24.5 Å². The van der Waals surface area contributed by atoms with Gasteiger partial charge in [0.2, 0.25) is 5.91 Å². The van der Waals surface area contributed by atoms with Crippen molar-refractivity contribution < 1.29 is 14.3 Å². The lowest BCUT2D eigenvalue weighted by molar-refractivity contribution is -0.133. The van der Waals surface area contributed by atoms with E-state index in [0.29, 0.717) is 6.42 Å². The molecule has 140 valence electrons. The number of hydrogen-bond acceptors (Lipinski definition) is 3. The van der Waals surface area contributed by atoms with Crippen molar-refractivity contribution in [3.8, 4) is 0 Å². The fourth-order valence-electron chi connectivity index (χ4n) is 3.74. The highest BCUT2D eigenvalue weighted by molar-refractivity contribution is 5.95. The highest BCUT2D eigenvalue weighted by Gasteiger charge is 2.44. The Morgan fingerprint density at radius 3 is 2.11 bits per heavy atom. The highest BCUT2D eigenvalue weighted by atomic mass is 16.6. The van der Waals surface area contributed by atoms with Crippen molar-refractivity contribution in [2.45, 2.75) is 32.2 Å². The van der Waals surface area contributed by atoms with E-state index in [1.165, 1.54) is 4.90 Å². The summed E-state index contributed by atoms with van der Waals surface area (Å²) >= 11 is 0. The van der Waals surface area contributed by atoms with E-state index in [1.54, 1.807) is 0 Å². The summed E-state index contributed by atoms with van der Waals surface area (Å²) < 4.78 is 5.32. The fraction of sp³-hybridized carbons (Fsp3) is 0.304. The van der Waals surface area contributed by atoms with Crippen LogP contribution in [-0.2, 0) is 9.53 Å². The number of benzene rings is 2. The molecule has 0 spiro atoms. The van der Waals surface area contributed by atoms with E-state index in [4.69, 9.17) is 4.74 Å². The third-order valence-electron chi connectivity index (χ3n) is 4.92. The lowest BCUT2D eigenvalue weighted by atomic mass is 9.84. The van der Waals surface area contributed by atoms with Gasteiger partial charge in [0.15, 0.2) is 0 Å². The summed E-state index contributed by atoms with van der Waals surface area (Å²) in [6.07, 6.45) is -0.00753. The van der Waals surface area contributed by atoms with Gasteiger partial charge in [0.1, 0.15) is 6.61 Å². The van der Waals surface area contributed by atoms with Crippen molar-refractivity contribution in [1.82, 2.24) is 4.90 Å². The van der Waals surface area contributed by atoms with Crippen molar-refractivity contribution in [2.75, 3.05) is 6.61 Å². The van der Waals surface area contributed by atoms with Crippen molar-refractivity contribution in [2.24, 2.45) is 5.92 Å². The molecule has 0 aromatic heterocycles. The average molecular weight is 363 g/mol. The molecule has 4 heteroatoms. The van der Waals surface area contributed by atoms with E-state index in [2.05, 4.69) is 6.58 Å². The Bertz CT molecular complexity index is 777. The minimum atomic E-state index is -0.560. The molecule has 27 heavy (non-hydrogen) atoms. The van der Waals surface area contributed by atoms with E-state index in [0.717, 1.165) is 16.7 Å². The summed E-state index contributed by atoms with van der Waals surface area (Å²) in [6.45, 7) is 7.80. The van der Waals surface area contributed by atoms with Crippen LogP contribution in [-0.4, -0.2) is 29.5 Å². The second kappa shape index (κ2) is 8.21. The number of rotatable bonds is 6. The Morgan fingerprint density at radius 2 is 1.63 bits per heavy atom. The zero-order valence-corrected chi connectivity index (χ0v) is 15.8. The third kappa shape index (κ3) is 4.11. The molecule has 0 aliphatic carbocycles. The van der Waals surface area contributed by atoms with Gasteiger partial charge >= 0.3 is 6.09 Å². The topological polar surface area (TPSA) is 46.6 Å². The van der Waals surface area contributed by atoms with E-state index < -0.39 is 6.09 Å². The number of amides is 2. The molecule has 0 radical (unpaired) electrons. The van der Waals surface area contributed by atoms with Crippen LogP contribution in [0.25, 0.3) is 0 Å². The highest BCUT2D eigenvalue weighted by Crippen LogP contribution is 2.35. The molecule has 0 bridgehead atoms. The van der Waals surface area contributed by atoms with Crippen LogP contribution in [0.4, 0.5) is 4.79 Å². The Labute approximate surface area is 160 Å². The molecular weight excluding hydrogens is 338 g/mol. The molecule has 1 saturated heterocycles. The first-order valence-corrected chi connectivity index (χ1v) is 9.23. The lowest BCUT2D eigenvalue weighted by Crippen LogP contribution is -2.45. The quantitative estimate of drug-likeness (QED) is 0.695. The zero-order valence-electron chi connectivity index (χ0n) is 15.8. The van der Waals surface area contributed by atoms with Gasteiger partial charge in [0.25, 0.3) is 0 Å². The molecule has 2 aromatic rings. The maximum atomic E-state index is 13.1. The van der Waals surface area contributed by atoms with Gasteiger partial charge in [-0.1, -0.05) is 73.2 Å². The largest absolute Gasteiger partial charge is 0.447 e. The maximum absolute atomic E-state index is 13.1. The molecular formula is C23H25NO3. The van der Waals surface area contributed by atoms with E-state index >= 15 is 0 Å². The summed E-state index contributed by atoms with van der Waals surface area (Å²) in [7, 11) is 0. The molecule has 1 unspecified atom stereocenters. The second-order valence-corrected chi connectivity index (χ2v) is 7.21. The number of carbonyl (C=O) groups excluding carboxylic acids is 2. The van der Waals surface area contributed by atoms with Crippen molar-refractivity contribution in [1.29, 1.82) is 0 Å². The number of cyclic esters (lactones) is 1. The number of hydrogen-bond donors (Lipinski definition) is 0. The normalized spacial score (nSPS) is 17.7. The monoisotopic (exact) mass is 363 g/mol. The smallest absolute Gasteiger partial charge is 0.417 e. The number of imide groups is 1. The summed E-state index contributed by atoms with van der Waals surface area (Å²) in [5.41, 5.74) is 3.03. The number of allylic oxidation sites excluding steroid dienone is 1. The average Bonchev–Trinajstić information content (AvgIpc) is 3.03. The van der Waals surface area contributed by atoms with Crippen molar-refractivity contribution >= 4 is 12.0 Å². The van der Waals surface area contributed by atoms with Crippen LogP contribution >= 0.6 is 0 Å². The summed E-state index contributed by atoms with van der Waals surface area (Å²) in [4.78, 5) is 26.8. The van der Waals surface area contributed by atoms with Gasteiger partial charge < -0.3 is 4.74 Å². The first kappa shape index (κ1) is 18.9. The first-order chi connectivity index (χ1) is 13.0. The zero-order chi connectivity index (χ0) is 19.4. The van der Waals surface area contributed by atoms with Crippen LogP contribution in [0, 0.1) is 5.92 Å². The Morgan fingerprint density at radius 1 is 1.11 bits per heavy atom. The Hall–Kier alpha value is -2.88. The Balaban J connectivity index is 1.99.